The Hall–Kier alpha value is -1.38. The van der Waals surface area contributed by atoms with E-state index < -0.39 is 10.0 Å². The molecule has 0 bridgehead atoms. The van der Waals surface area contributed by atoms with Gasteiger partial charge in [0.2, 0.25) is 10.0 Å². The number of sulfonamides is 1. The molecule has 1 aromatic carbocycles. The van der Waals surface area contributed by atoms with Gasteiger partial charge in [0.1, 0.15) is 0 Å². The highest BCUT2D eigenvalue weighted by molar-refractivity contribution is 7.88. The zero-order valence-electron chi connectivity index (χ0n) is 11.7. The van der Waals surface area contributed by atoms with E-state index in [2.05, 4.69) is 0 Å². The first-order valence-electron chi connectivity index (χ1n) is 6.95. The lowest BCUT2D eigenvalue weighted by Gasteiger charge is -2.21. The Morgan fingerprint density at radius 1 is 1.30 bits per heavy atom. The average molecular weight is 292 g/mol. The SMILES string of the molecule is CN(CC1CCCC1)S(=O)(=O)Cc1ccccc1C#N. The Labute approximate surface area is 121 Å². The zero-order chi connectivity index (χ0) is 14.6. The Morgan fingerprint density at radius 2 is 1.95 bits per heavy atom. The predicted octanol–water partition coefficient (Wildman–Crippen LogP) is 2.51. The van der Waals surface area contributed by atoms with Crippen molar-refractivity contribution >= 4 is 10.0 Å². The third kappa shape index (κ3) is 3.59. The van der Waals surface area contributed by atoms with Crippen LogP contribution < -0.4 is 0 Å². The van der Waals surface area contributed by atoms with E-state index in [0.717, 1.165) is 12.8 Å². The molecule has 5 heteroatoms. The second-order valence-electron chi connectivity index (χ2n) is 5.46. The van der Waals surface area contributed by atoms with Crippen LogP contribution in [0.3, 0.4) is 0 Å². The van der Waals surface area contributed by atoms with E-state index >= 15 is 0 Å². The Bertz CT molecular complexity index is 599. The molecule has 0 spiro atoms. The standard InChI is InChI=1S/C15H20N2O2S/c1-17(11-13-6-2-3-7-13)20(18,19)12-15-9-5-4-8-14(15)10-16/h4-5,8-9,13H,2-3,6-7,11-12H2,1H3. The molecule has 0 radical (unpaired) electrons. The first-order chi connectivity index (χ1) is 9.53. The molecule has 1 aromatic rings. The fourth-order valence-corrected chi connectivity index (χ4v) is 4.04. The van der Waals surface area contributed by atoms with Crippen molar-refractivity contribution in [3.8, 4) is 6.07 Å². The topological polar surface area (TPSA) is 61.2 Å². The van der Waals surface area contributed by atoms with Gasteiger partial charge >= 0.3 is 0 Å². The highest BCUT2D eigenvalue weighted by Gasteiger charge is 2.24. The molecular formula is C15H20N2O2S. The van der Waals surface area contributed by atoms with Crippen LogP contribution in [0.5, 0.6) is 0 Å². The van der Waals surface area contributed by atoms with Crippen LogP contribution in [0.25, 0.3) is 0 Å². The molecule has 0 atom stereocenters. The quantitative estimate of drug-likeness (QED) is 0.837. The Kier molecular flexibility index (Phi) is 4.79. The van der Waals surface area contributed by atoms with Crippen LogP contribution in [-0.4, -0.2) is 26.3 Å². The first kappa shape index (κ1) is 15.0. The maximum Gasteiger partial charge on any atom is 0.218 e. The highest BCUT2D eigenvalue weighted by Crippen LogP contribution is 2.26. The molecule has 0 saturated heterocycles. The van der Waals surface area contributed by atoms with E-state index in [1.54, 1.807) is 31.3 Å². The fourth-order valence-electron chi connectivity index (χ4n) is 2.73. The lowest BCUT2D eigenvalue weighted by molar-refractivity contribution is 0.387. The highest BCUT2D eigenvalue weighted by atomic mass is 32.2. The lowest BCUT2D eigenvalue weighted by Crippen LogP contribution is -2.32. The minimum absolute atomic E-state index is 0.0973. The summed E-state index contributed by atoms with van der Waals surface area (Å²) in [6, 6.07) is 8.92. The van der Waals surface area contributed by atoms with Gasteiger partial charge in [-0.3, -0.25) is 0 Å². The normalized spacial score (nSPS) is 16.4. The van der Waals surface area contributed by atoms with Crippen molar-refractivity contribution in [1.29, 1.82) is 5.26 Å². The van der Waals surface area contributed by atoms with Crippen molar-refractivity contribution < 1.29 is 8.42 Å². The van der Waals surface area contributed by atoms with Gasteiger partial charge in [0.15, 0.2) is 0 Å². The molecule has 1 fully saturated rings. The third-order valence-corrected chi connectivity index (χ3v) is 5.72. The molecule has 0 N–H and O–H groups in total. The van der Waals surface area contributed by atoms with Gasteiger partial charge in [-0.25, -0.2) is 12.7 Å². The molecule has 0 aromatic heterocycles. The molecule has 0 amide bonds. The molecule has 20 heavy (non-hydrogen) atoms. The molecule has 108 valence electrons. The number of rotatable bonds is 5. The van der Waals surface area contributed by atoms with E-state index in [1.807, 2.05) is 6.07 Å². The molecule has 0 heterocycles. The van der Waals surface area contributed by atoms with Gasteiger partial charge in [0.05, 0.1) is 17.4 Å². The second-order valence-corrected chi connectivity index (χ2v) is 7.53. The fraction of sp³-hybridized carbons (Fsp3) is 0.533. The van der Waals surface area contributed by atoms with E-state index in [4.69, 9.17) is 5.26 Å². The third-order valence-electron chi connectivity index (χ3n) is 3.94. The van der Waals surface area contributed by atoms with Crippen molar-refractivity contribution in [3.63, 3.8) is 0 Å². The molecule has 1 aliphatic carbocycles. The number of nitrogens with zero attached hydrogens (tertiary/aromatic N) is 2. The van der Waals surface area contributed by atoms with E-state index in [-0.39, 0.29) is 5.75 Å². The van der Waals surface area contributed by atoms with Crippen LogP contribution in [0, 0.1) is 17.2 Å². The van der Waals surface area contributed by atoms with Crippen molar-refractivity contribution in [2.24, 2.45) is 5.92 Å². The van der Waals surface area contributed by atoms with Gasteiger partial charge in [0, 0.05) is 13.6 Å². The number of hydrogen-bond donors (Lipinski definition) is 0. The summed E-state index contributed by atoms with van der Waals surface area (Å²) in [5.41, 5.74) is 1.01. The van der Waals surface area contributed by atoms with Crippen LogP contribution in [0.4, 0.5) is 0 Å². The van der Waals surface area contributed by atoms with Crippen LogP contribution in [-0.2, 0) is 15.8 Å². The molecule has 1 aliphatic rings. The van der Waals surface area contributed by atoms with E-state index in [1.165, 1.54) is 17.1 Å². The summed E-state index contributed by atoms with van der Waals surface area (Å²) in [7, 11) is -1.71. The van der Waals surface area contributed by atoms with Crippen LogP contribution in [0.1, 0.15) is 36.8 Å². The lowest BCUT2D eigenvalue weighted by atomic mass is 10.1. The van der Waals surface area contributed by atoms with Gasteiger partial charge in [-0.15, -0.1) is 0 Å². The number of benzene rings is 1. The predicted molar refractivity (Wildman–Crippen MR) is 78.4 cm³/mol. The smallest absolute Gasteiger partial charge is 0.212 e. The number of hydrogen-bond acceptors (Lipinski definition) is 3. The van der Waals surface area contributed by atoms with Gasteiger partial charge < -0.3 is 0 Å². The molecule has 0 aliphatic heterocycles. The monoisotopic (exact) mass is 292 g/mol. The maximum absolute atomic E-state index is 12.4. The van der Waals surface area contributed by atoms with Gasteiger partial charge in [-0.05, 0) is 30.4 Å². The number of nitriles is 1. The summed E-state index contributed by atoms with van der Waals surface area (Å²) in [6.45, 7) is 0.594. The van der Waals surface area contributed by atoms with Crippen molar-refractivity contribution in [2.75, 3.05) is 13.6 Å². The van der Waals surface area contributed by atoms with Crippen molar-refractivity contribution in [2.45, 2.75) is 31.4 Å². The van der Waals surface area contributed by atoms with E-state index in [0.29, 0.717) is 23.6 Å². The van der Waals surface area contributed by atoms with Gasteiger partial charge in [0.25, 0.3) is 0 Å². The molecule has 1 saturated carbocycles. The van der Waals surface area contributed by atoms with Crippen LogP contribution >= 0.6 is 0 Å². The summed E-state index contributed by atoms with van der Waals surface area (Å²) in [6.07, 6.45) is 4.65. The van der Waals surface area contributed by atoms with Crippen molar-refractivity contribution in [3.05, 3.63) is 35.4 Å². The van der Waals surface area contributed by atoms with Crippen molar-refractivity contribution in [1.82, 2.24) is 4.31 Å². The molecule has 0 unspecified atom stereocenters. The molecular weight excluding hydrogens is 272 g/mol. The minimum atomic E-state index is -3.35. The van der Waals surface area contributed by atoms with Crippen LogP contribution in [0.15, 0.2) is 24.3 Å². The largest absolute Gasteiger partial charge is 0.218 e. The summed E-state index contributed by atoms with van der Waals surface area (Å²) >= 11 is 0. The van der Waals surface area contributed by atoms with E-state index in [9.17, 15) is 8.42 Å². The first-order valence-corrected chi connectivity index (χ1v) is 8.56. The van der Waals surface area contributed by atoms with Gasteiger partial charge in [-0.1, -0.05) is 31.0 Å². The Morgan fingerprint density at radius 3 is 2.60 bits per heavy atom. The van der Waals surface area contributed by atoms with Crippen LogP contribution in [0.2, 0.25) is 0 Å². The summed E-state index contributed by atoms with van der Waals surface area (Å²) in [5.74, 6) is 0.390. The molecule has 4 nitrogen and oxygen atoms in total. The molecule has 2 rings (SSSR count). The summed E-state index contributed by atoms with van der Waals surface area (Å²) in [4.78, 5) is 0. The zero-order valence-corrected chi connectivity index (χ0v) is 12.6. The van der Waals surface area contributed by atoms with Gasteiger partial charge in [-0.2, -0.15) is 5.26 Å². The maximum atomic E-state index is 12.4. The average Bonchev–Trinajstić information content (AvgIpc) is 2.92. The minimum Gasteiger partial charge on any atom is -0.212 e. The summed E-state index contributed by atoms with van der Waals surface area (Å²) in [5, 5.41) is 9.03. The summed E-state index contributed by atoms with van der Waals surface area (Å²) < 4.78 is 26.2. The second kappa shape index (κ2) is 6.38. The Balaban J connectivity index is 2.08.